The molecule has 0 aromatic heterocycles. The average Bonchev–Trinajstić information content (AvgIpc) is 1.94. The minimum Gasteiger partial charge on any atom is -0.301 e. The standard InChI is InChI=1S/C9H18N/c1-3-7-10-8-5-4-6-9(10)2/h9H,1,3-8H2,2H3/t9-/m1/s1. The molecule has 0 spiro atoms. The van der Waals surface area contributed by atoms with Crippen molar-refractivity contribution in [3.8, 4) is 0 Å². The van der Waals surface area contributed by atoms with Crippen LogP contribution in [0.3, 0.4) is 0 Å². The molecule has 1 aliphatic heterocycles. The molecule has 10 heavy (non-hydrogen) atoms. The van der Waals surface area contributed by atoms with E-state index in [0.29, 0.717) is 0 Å². The Kier molecular flexibility index (Phi) is 3.20. The molecule has 1 radical (unpaired) electrons. The Morgan fingerprint density at radius 3 is 2.90 bits per heavy atom. The van der Waals surface area contributed by atoms with E-state index in [1.165, 1.54) is 32.4 Å². The third-order valence-electron chi connectivity index (χ3n) is 2.39. The Morgan fingerprint density at radius 2 is 2.30 bits per heavy atom. The van der Waals surface area contributed by atoms with Crippen LogP contribution in [-0.4, -0.2) is 24.0 Å². The summed E-state index contributed by atoms with van der Waals surface area (Å²) in [6, 6.07) is 0.815. The zero-order valence-electron chi connectivity index (χ0n) is 6.97. The molecule has 0 saturated carbocycles. The van der Waals surface area contributed by atoms with E-state index in [1.807, 2.05) is 0 Å². The van der Waals surface area contributed by atoms with Crippen LogP contribution in [0.4, 0.5) is 0 Å². The highest BCUT2D eigenvalue weighted by Crippen LogP contribution is 2.15. The number of hydrogen-bond donors (Lipinski definition) is 0. The van der Waals surface area contributed by atoms with Crippen LogP contribution in [0, 0.1) is 6.92 Å². The lowest BCUT2D eigenvalue weighted by atomic mass is 10.0. The molecule has 1 heteroatoms. The van der Waals surface area contributed by atoms with Gasteiger partial charge in [-0.1, -0.05) is 13.3 Å². The van der Waals surface area contributed by atoms with Crippen LogP contribution in [0.15, 0.2) is 0 Å². The minimum atomic E-state index is 0.815. The molecule has 0 bridgehead atoms. The Morgan fingerprint density at radius 1 is 1.50 bits per heavy atom. The molecular formula is C9H18N. The van der Waals surface area contributed by atoms with Crippen LogP contribution >= 0.6 is 0 Å². The molecule has 0 unspecified atom stereocenters. The molecule has 1 atom stereocenters. The Labute approximate surface area is 64.4 Å². The first-order valence-electron chi connectivity index (χ1n) is 4.38. The summed E-state index contributed by atoms with van der Waals surface area (Å²) in [5.74, 6) is 0. The van der Waals surface area contributed by atoms with Crippen molar-refractivity contribution >= 4 is 0 Å². The van der Waals surface area contributed by atoms with E-state index in [0.717, 1.165) is 12.5 Å². The fourth-order valence-corrected chi connectivity index (χ4v) is 1.69. The van der Waals surface area contributed by atoms with Crippen molar-refractivity contribution in [1.82, 2.24) is 4.90 Å². The van der Waals surface area contributed by atoms with Gasteiger partial charge in [0.05, 0.1) is 0 Å². The van der Waals surface area contributed by atoms with Crippen LogP contribution in [0.5, 0.6) is 0 Å². The largest absolute Gasteiger partial charge is 0.301 e. The van der Waals surface area contributed by atoms with Crippen LogP contribution in [-0.2, 0) is 0 Å². The summed E-state index contributed by atoms with van der Waals surface area (Å²) in [6.45, 7) is 8.70. The molecule has 1 nitrogen and oxygen atoms in total. The Bertz CT molecular complexity index is 88.7. The first-order valence-corrected chi connectivity index (χ1v) is 4.38. The molecule has 1 aliphatic rings. The summed E-state index contributed by atoms with van der Waals surface area (Å²) in [5.41, 5.74) is 0. The molecule has 1 heterocycles. The number of rotatable bonds is 2. The van der Waals surface area contributed by atoms with Gasteiger partial charge in [-0.05, 0) is 39.3 Å². The van der Waals surface area contributed by atoms with E-state index in [-0.39, 0.29) is 0 Å². The quantitative estimate of drug-likeness (QED) is 0.567. The molecule has 0 amide bonds. The van der Waals surface area contributed by atoms with E-state index >= 15 is 0 Å². The van der Waals surface area contributed by atoms with Crippen molar-refractivity contribution in [1.29, 1.82) is 0 Å². The first kappa shape index (κ1) is 8.06. The van der Waals surface area contributed by atoms with Crippen LogP contribution in [0.25, 0.3) is 0 Å². The van der Waals surface area contributed by atoms with E-state index in [1.54, 1.807) is 0 Å². The average molecular weight is 140 g/mol. The van der Waals surface area contributed by atoms with Gasteiger partial charge in [-0.25, -0.2) is 0 Å². The first-order chi connectivity index (χ1) is 4.84. The Balaban J connectivity index is 2.25. The van der Waals surface area contributed by atoms with Crippen LogP contribution < -0.4 is 0 Å². The summed E-state index contributed by atoms with van der Waals surface area (Å²) in [7, 11) is 0. The van der Waals surface area contributed by atoms with Gasteiger partial charge < -0.3 is 4.90 Å². The highest BCUT2D eigenvalue weighted by molar-refractivity contribution is 4.72. The van der Waals surface area contributed by atoms with Gasteiger partial charge in [0.1, 0.15) is 0 Å². The van der Waals surface area contributed by atoms with Crippen molar-refractivity contribution in [2.45, 2.75) is 38.6 Å². The lowest BCUT2D eigenvalue weighted by molar-refractivity contribution is 0.163. The van der Waals surface area contributed by atoms with Gasteiger partial charge >= 0.3 is 0 Å². The second kappa shape index (κ2) is 3.97. The fraction of sp³-hybridized carbons (Fsp3) is 0.889. The normalized spacial score (nSPS) is 28.8. The van der Waals surface area contributed by atoms with Crippen molar-refractivity contribution in [3.63, 3.8) is 0 Å². The third-order valence-corrected chi connectivity index (χ3v) is 2.39. The fourth-order valence-electron chi connectivity index (χ4n) is 1.69. The number of hydrogen-bond acceptors (Lipinski definition) is 1. The van der Waals surface area contributed by atoms with E-state index in [4.69, 9.17) is 0 Å². The van der Waals surface area contributed by atoms with Gasteiger partial charge in [-0.2, -0.15) is 0 Å². The van der Waals surface area contributed by atoms with Gasteiger partial charge in [-0.3, -0.25) is 0 Å². The minimum absolute atomic E-state index is 0.815. The van der Waals surface area contributed by atoms with E-state index in [9.17, 15) is 0 Å². The van der Waals surface area contributed by atoms with Gasteiger partial charge in [0.2, 0.25) is 0 Å². The lowest BCUT2D eigenvalue weighted by Gasteiger charge is -2.32. The SMILES string of the molecule is [CH2]CCN1CCCC[C@H]1C. The molecule has 1 rings (SSSR count). The van der Waals surface area contributed by atoms with Gasteiger partial charge in [0.15, 0.2) is 0 Å². The van der Waals surface area contributed by atoms with Gasteiger partial charge in [0, 0.05) is 6.04 Å². The van der Waals surface area contributed by atoms with Crippen molar-refractivity contribution < 1.29 is 0 Å². The summed E-state index contributed by atoms with van der Waals surface area (Å²) < 4.78 is 0. The topological polar surface area (TPSA) is 3.24 Å². The second-order valence-corrected chi connectivity index (χ2v) is 3.23. The molecule has 0 N–H and O–H groups in total. The van der Waals surface area contributed by atoms with Crippen LogP contribution in [0.2, 0.25) is 0 Å². The van der Waals surface area contributed by atoms with E-state index in [2.05, 4.69) is 18.7 Å². The molecule has 59 valence electrons. The number of nitrogens with zero attached hydrogens (tertiary/aromatic N) is 1. The summed E-state index contributed by atoms with van der Waals surface area (Å²) in [5, 5.41) is 0. The monoisotopic (exact) mass is 140 g/mol. The smallest absolute Gasteiger partial charge is 0.00669 e. The molecule has 1 fully saturated rings. The van der Waals surface area contributed by atoms with Gasteiger partial charge in [0.25, 0.3) is 0 Å². The number of piperidine rings is 1. The predicted molar refractivity (Wildman–Crippen MR) is 44.9 cm³/mol. The van der Waals surface area contributed by atoms with Gasteiger partial charge in [-0.15, -0.1) is 0 Å². The molecule has 0 aromatic rings. The summed E-state index contributed by atoms with van der Waals surface area (Å²) in [4.78, 5) is 2.55. The van der Waals surface area contributed by atoms with E-state index < -0.39 is 0 Å². The molecule has 0 aromatic carbocycles. The lowest BCUT2D eigenvalue weighted by Crippen LogP contribution is -2.37. The van der Waals surface area contributed by atoms with Crippen LogP contribution in [0.1, 0.15) is 32.6 Å². The zero-order chi connectivity index (χ0) is 7.40. The maximum absolute atomic E-state index is 3.87. The van der Waals surface area contributed by atoms with Crippen molar-refractivity contribution in [2.24, 2.45) is 0 Å². The van der Waals surface area contributed by atoms with Crippen molar-refractivity contribution in [3.05, 3.63) is 6.92 Å². The molecular weight excluding hydrogens is 122 g/mol. The third kappa shape index (κ3) is 1.98. The maximum Gasteiger partial charge on any atom is 0.00669 e. The second-order valence-electron chi connectivity index (χ2n) is 3.23. The molecule has 1 saturated heterocycles. The zero-order valence-corrected chi connectivity index (χ0v) is 6.97. The molecule has 0 aliphatic carbocycles. The predicted octanol–water partition coefficient (Wildman–Crippen LogP) is 2.08. The Hall–Kier alpha value is -0.0400. The highest BCUT2D eigenvalue weighted by atomic mass is 15.1. The van der Waals surface area contributed by atoms with Crippen molar-refractivity contribution in [2.75, 3.05) is 13.1 Å². The maximum atomic E-state index is 3.87. The summed E-state index contributed by atoms with van der Waals surface area (Å²) >= 11 is 0. The summed E-state index contributed by atoms with van der Waals surface area (Å²) in [6.07, 6.45) is 5.27. The highest BCUT2D eigenvalue weighted by Gasteiger charge is 2.16. The number of likely N-dealkylation sites (tertiary alicyclic amines) is 1.